The van der Waals surface area contributed by atoms with E-state index in [0.29, 0.717) is 11.6 Å². The second-order valence-corrected chi connectivity index (χ2v) is 8.96. The van der Waals surface area contributed by atoms with Gasteiger partial charge in [0.1, 0.15) is 11.2 Å². The highest BCUT2D eigenvalue weighted by Crippen LogP contribution is 2.47. The summed E-state index contributed by atoms with van der Waals surface area (Å²) >= 11 is 0. The first kappa shape index (κ1) is 20.9. The van der Waals surface area contributed by atoms with Crippen molar-refractivity contribution in [2.75, 3.05) is 0 Å². The van der Waals surface area contributed by atoms with Gasteiger partial charge in [0.05, 0.1) is 5.41 Å². The first-order chi connectivity index (χ1) is 11.2. The van der Waals surface area contributed by atoms with Gasteiger partial charge >= 0.3 is 11.6 Å². The molecule has 0 aliphatic carbocycles. The summed E-state index contributed by atoms with van der Waals surface area (Å²) in [4.78, 5) is 24.3. The van der Waals surface area contributed by atoms with Gasteiger partial charge in [0.2, 0.25) is 0 Å². The van der Waals surface area contributed by atoms with Crippen molar-refractivity contribution in [2.45, 2.75) is 54.9 Å². The van der Waals surface area contributed by atoms with E-state index in [2.05, 4.69) is 33.9 Å². The van der Waals surface area contributed by atoms with Gasteiger partial charge in [-0.2, -0.15) is 0 Å². The topological polar surface area (TPSA) is 56.5 Å². The average Bonchev–Trinajstić information content (AvgIpc) is 2.39. The summed E-state index contributed by atoms with van der Waals surface area (Å²) < 4.78 is 10.6. The molecule has 4 nitrogen and oxygen atoms in total. The Kier molecular flexibility index (Phi) is 5.89. The molecule has 25 heavy (non-hydrogen) atoms. The Morgan fingerprint density at radius 1 is 1.16 bits per heavy atom. The van der Waals surface area contributed by atoms with E-state index in [0.717, 1.165) is 0 Å². The van der Waals surface area contributed by atoms with Crippen molar-refractivity contribution in [3.63, 3.8) is 0 Å². The lowest BCUT2D eigenvalue weighted by Gasteiger charge is -2.43. The van der Waals surface area contributed by atoms with E-state index in [1.54, 1.807) is 6.07 Å². The molecule has 0 N–H and O–H groups in total. The molecule has 0 aliphatic heterocycles. The van der Waals surface area contributed by atoms with Crippen LogP contribution in [0.1, 0.15) is 54.9 Å². The lowest BCUT2D eigenvalue weighted by molar-refractivity contribution is -0.159. The SMILES string of the molecule is C=C(/C=c1/oc(=O)ccc1=C)OC(=O)C(C)(CC(C)(C)C)C(C)(C)C. The highest BCUT2D eigenvalue weighted by atomic mass is 16.5. The van der Waals surface area contributed by atoms with Gasteiger partial charge in [-0.05, 0) is 30.2 Å². The average molecular weight is 346 g/mol. The van der Waals surface area contributed by atoms with Gasteiger partial charge in [0.25, 0.3) is 0 Å². The van der Waals surface area contributed by atoms with Crippen molar-refractivity contribution in [2.24, 2.45) is 16.2 Å². The van der Waals surface area contributed by atoms with E-state index in [1.165, 1.54) is 12.1 Å². The highest BCUT2D eigenvalue weighted by Gasteiger charge is 2.47. The van der Waals surface area contributed by atoms with Gasteiger partial charge in [-0.1, -0.05) is 54.7 Å². The van der Waals surface area contributed by atoms with Crippen molar-refractivity contribution < 1.29 is 13.9 Å². The summed E-state index contributed by atoms with van der Waals surface area (Å²) in [5.74, 6) is -0.228. The molecule has 1 aromatic rings. The molecule has 1 unspecified atom stereocenters. The molecule has 0 aromatic carbocycles. The van der Waals surface area contributed by atoms with Crippen LogP contribution in [0.25, 0.3) is 12.7 Å². The molecule has 1 aromatic heterocycles. The van der Waals surface area contributed by atoms with Crippen molar-refractivity contribution in [3.8, 4) is 0 Å². The number of hydrogen-bond donors (Lipinski definition) is 0. The van der Waals surface area contributed by atoms with E-state index in [9.17, 15) is 9.59 Å². The van der Waals surface area contributed by atoms with E-state index >= 15 is 0 Å². The zero-order valence-electron chi connectivity index (χ0n) is 16.5. The minimum absolute atomic E-state index is 0.0428. The fourth-order valence-corrected chi connectivity index (χ4v) is 2.69. The summed E-state index contributed by atoms with van der Waals surface area (Å²) in [6.45, 7) is 21.8. The number of ether oxygens (including phenoxy) is 1. The molecule has 0 saturated carbocycles. The van der Waals surface area contributed by atoms with Crippen molar-refractivity contribution in [1.29, 1.82) is 0 Å². The molecule has 1 rings (SSSR count). The fourth-order valence-electron chi connectivity index (χ4n) is 2.69. The van der Waals surface area contributed by atoms with E-state index in [1.807, 2.05) is 27.7 Å². The molecule has 138 valence electrons. The van der Waals surface area contributed by atoms with Crippen LogP contribution in [0.5, 0.6) is 0 Å². The third kappa shape index (κ3) is 5.45. The minimum Gasteiger partial charge on any atom is -0.427 e. The molecule has 1 atom stereocenters. The van der Waals surface area contributed by atoms with E-state index in [-0.39, 0.29) is 28.0 Å². The fraction of sp³-hybridized carbons (Fsp3) is 0.524. The number of hydrogen-bond acceptors (Lipinski definition) is 4. The molecule has 1 heterocycles. The Labute approximate surface area is 149 Å². The van der Waals surface area contributed by atoms with Crippen molar-refractivity contribution in [1.82, 2.24) is 0 Å². The summed E-state index contributed by atoms with van der Waals surface area (Å²) in [6, 6.07) is 2.83. The van der Waals surface area contributed by atoms with Crippen molar-refractivity contribution >= 4 is 18.6 Å². The predicted octanol–water partition coefficient (Wildman–Crippen LogP) is 3.38. The summed E-state index contributed by atoms with van der Waals surface area (Å²) in [5, 5.41) is 0.519. The molecule has 0 saturated heterocycles. The molecular weight excluding hydrogens is 316 g/mol. The quantitative estimate of drug-likeness (QED) is 0.619. The zero-order chi connectivity index (χ0) is 19.6. The summed E-state index contributed by atoms with van der Waals surface area (Å²) in [5.41, 5.74) is -1.30. The second kappa shape index (κ2) is 7.03. The number of allylic oxidation sites excluding steroid dienone is 1. The molecule has 0 amide bonds. The van der Waals surface area contributed by atoms with Gasteiger partial charge < -0.3 is 9.15 Å². The monoisotopic (exact) mass is 346 g/mol. The van der Waals surface area contributed by atoms with Crippen LogP contribution in [0.4, 0.5) is 0 Å². The van der Waals surface area contributed by atoms with E-state index in [4.69, 9.17) is 9.15 Å². The summed E-state index contributed by atoms with van der Waals surface area (Å²) in [7, 11) is 0. The smallest absolute Gasteiger partial charge is 0.336 e. The van der Waals surface area contributed by atoms with Crippen LogP contribution in [0.2, 0.25) is 0 Å². The maximum absolute atomic E-state index is 12.9. The van der Waals surface area contributed by atoms with Gasteiger partial charge in [-0.3, -0.25) is 4.79 Å². The molecule has 0 fully saturated rings. The number of rotatable bonds is 4. The molecule has 0 spiro atoms. The third-order valence-electron chi connectivity index (χ3n) is 4.45. The first-order valence-corrected chi connectivity index (χ1v) is 8.38. The van der Waals surface area contributed by atoms with Crippen LogP contribution < -0.4 is 16.3 Å². The van der Waals surface area contributed by atoms with Crippen LogP contribution in [-0.4, -0.2) is 5.97 Å². The lowest BCUT2D eigenvalue weighted by atomic mass is 9.61. The second-order valence-electron chi connectivity index (χ2n) is 8.96. The Hall–Kier alpha value is -2.10. The Morgan fingerprint density at radius 3 is 2.20 bits per heavy atom. The van der Waals surface area contributed by atoms with Gasteiger partial charge in [-0.25, -0.2) is 4.79 Å². The number of carbonyl (C=O) groups excluding carboxylic acids is 1. The highest BCUT2D eigenvalue weighted by molar-refractivity contribution is 5.79. The molecule has 0 radical (unpaired) electrons. The van der Waals surface area contributed by atoms with Crippen LogP contribution in [-0.2, 0) is 9.53 Å². The lowest BCUT2D eigenvalue weighted by Crippen LogP contribution is -2.44. The maximum atomic E-state index is 12.9. The minimum atomic E-state index is -0.702. The van der Waals surface area contributed by atoms with Gasteiger partial charge in [-0.15, -0.1) is 0 Å². The molecule has 0 bridgehead atoms. The predicted molar refractivity (Wildman–Crippen MR) is 101 cm³/mol. The first-order valence-electron chi connectivity index (χ1n) is 8.38. The third-order valence-corrected chi connectivity index (χ3v) is 4.45. The maximum Gasteiger partial charge on any atom is 0.336 e. The number of carbonyl (C=O) groups is 1. The van der Waals surface area contributed by atoms with Crippen molar-refractivity contribution in [3.05, 3.63) is 45.5 Å². The number of esters is 1. The Bertz CT molecular complexity index is 815. The van der Waals surface area contributed by atoms with Gasteiger partial charge in [0.15, 0.2) is 0 Å². The van der Waals surface area contributed by atoms with Crippen LogP contribution in [0.3, 0.4) is 0 Å². The standard InChI is InChI=1S/C21H30O4/c1-14-10-11-17(22)25-16(14)12-15(2)24-18(23)21(9,20(6,7)8)13-19(3,4)5/h10-12H,1-2,13H2,3-9H3/b16-12+. The molecule has 4 heteroatoms. The zero-order valence-corrected chi connectivity index (χ0v) is 16.5. The molecular formula is C21H30O4. The van der Waals surface area contributed by atoms with Crippen LogP contribution in [0, 0.1) is 16.2 Å². The van der Waals surface area contributed by atoms with Crippen LogP contribution in [0.15, 0.2) is 33.7 Å². The molecule has 0 aliphatic rings. The normalized spacial score (nSPS) is 15.6. The summed E-state index contributed by atoms with van der Waals surface area (Å²) in [6.07, 6.45) is 2.08. The van der Waals surface area contributed by atoms with Gasteiger partial charge in [0, 0.05) is 17.4 Å². The Morgan fingerprint density at radius 2 is 1.72 bits per heavy atom. The Balaban J connectivity index is 3.17. The largest absolute Gasteiger partial charge is 0.427 e. The van der Waals surface area contributed by atoms with Crippen LogP contribution >= 0.6 is 0 Å². The van der Waals surface area contributed by atoms with E-state index < -0.39 is 11.0 Å².